The van der Waals surface area contributed by atoms with Crippen LogP contribution in [0, 0.1) is 0 Å². The van der Waals surface area contributed by atoms with E-state index in [1.165, 1.54) is 6.92 Å². The number of carboxylic acid groups (broad SMARTS) is 1. The van der Waals surface area contributed by atoms with Gasteiger partial charge in [0.15, 0.2) is 0 Å². The third-order valence-corrected chi connectivity index (χ3v) is 3.36. The van der Waals surface area contributed by atoms with Crippen LogP contribution in [0.5, 0.6) is 0 Å². The molecule has 0 aliphatic heterocycles. The first-order valence-electron chi connectivity index (χ1n) is 8.85. The fourth-order valence-corrected chi connectivity index (χ4v) is 1.92. The molecule has 146 valence electrons. The number of carbonyl (C=O) groups is 3. The summed E-state index contributed by atoms with van der Waals surface area (Å²) in [6.45, 7) is 6.61. The van der Waals surface area contributed by atoms with Gasteiger partial charge in [-0.15, -0.1) is 0 Å². The maximum absolute atomic E-state index is 11.6. The van der Waals surface area contributed by atoms with Crippen LogP contribution < -0.4 is 10.6 Å². The third kappa shape index (κ3) is 15.7. The summed E-state index contributed by atoms with van der Waals surface area (Å²) in [7, 11) is 0. The number of ketones is 1. The number of unbranched alkanes of at least 4 members (excludes halogenated alkanes) is 1. The summed E-state index contributed by atoms with van der Waals surface area (Å²) in [5.74, 6) is -1.77. The zero-order chi connectivity index (χ0) is 18.9. The Morgan fingerprint density at radius 3 is 2.40 bits per heavy atom. The lowest BCUT2D eigenvalue weighted by atomic mass is 10.1. The number of carboxylic acids is 1. The van der Waals surface area contributed by atoms with Crippen molar-refractivity contribution >= 4 is 17.7 Å². The molecule has 0 unspecified atom stereocenters. The van der Waals surface area contributed by atoms with Crippen molar-refractivity contribution in [2.45, 2.75) is 52.0 Å². The average molecular weight is 360 g/mol. The molecule has 0 radical (unpaired) electrons. The van der Waals surface area contributed by atoms with Crippen molar-refractivity contribution in [3.63, 3.8) is 0 Å². The Bertz CT molecular complexity index is 389. The van der Waals surface area contributed by atoms with E-state index in [4.69, 9.17) is 14.6 Å². The lowest BCUT2D eigenvalue weighted by molar-refractivity contribution is -0.142. The van der Waals surface area contributed by atoms with Gasteiger partial charge in [0.1, 0.15) is 18.4 Å². The summed E-state index contributed by atoms with van der Waals surface area (Å²) >= 11 is 0. The number of aliphatic carboxylic acids is 1. The van der Waals surface area contributed by atoms with Crippen molar-refractivity contribution in [2.24, 2.45) is 0 Å². The molecule has 0 aliphatic rings. The van der Waals surface area contributed by atoms with Crippen molar-refractivity contribution < 1.29 is 29.0 Å². The van der Waals surface area contributed by atoms with Gasteiger partial charge >= 0.3 is 5.97 Å². The monoisotopic (exact) mass is 360 g/mol. The first-order valence-corrected chi connectivity index (χ1v) is 8.85. The number of hydrogen-bond donors (Lipinski definition) is 3. The molecular weight excluding hydrogens is 328 g/mol. The highest BCUT2D eigenvalue weighted by Crippen LogP contribution is 1.99. The van der Waals surface area contributed by atoms with Gasteiger partial charge in [-0.25, -0.2) is 4.79 Å². The molecule has 0 aromatic carbocycles. The van der Waals surface area contributed by atoms with Gasteiger partial charge in [0.2, 0.25) is 5.91 Å². The Hall–Kier alpha value is -1.51. The van der Waals surface area contributed by atoms with Crippen LogP contribution in [0.15, 0.2) is 0 Å². The third-order valence-electron chi connectivity index (χ3n) is 3.36. The van der Waals surface area contributed by atoms with Gasteiger partial charge in [0.05, 0.1) is 6.61 Å². The van der Waals surface area contributed by atoms with Gasteiger partial charge in [-0.2, -0.15) is 0 Å². The standard InChI is InChI=1S/C17H32N2O6/c1-3-4-10-24-11-5-8-18-9-12-25-13-16(21)19-15(17(22)23)7-6-14(2)20/h15,18H,3-13H2,1-2H3,(H,19,21)(H,22,23)/t15-/m0/s1. The van der Waals surface area contributed by atoms with Crippen LogP contribution in [0.25, 0.3) is 0 Å². The fourth-order valence-electron chi connectivity index (χ4n) is 1.92. The maximum Gasteiger partial charge on any atom is 0.326 e. The minimum atomic E-state index is -1.16. The summed E-state index contributed by atoms with van der Waals surface area (Å²) in [5.41, 5.74) is 0. The largest absolute Gasteiger partial charge is 0.480 e. The molecule has 25 heavy (non-hydrogen) atoms. The topological polar surface area (TPSA) is 114 Å². The average Bonchev–Trinajstić information content (AvgIpc) is 2.56. The van der Waals surface area contributed by atoms with Gasteiger partial charge in [0, 0.05) is 26.2 Å². The quantitative estimate of drug-likeness (QED) is 0.328. The number of rotatable bonds is 17. The van der Waals surface area contributed by atoms with Crippen molar-refractivity contribution in [1.82, 2.24) is 10.6 Å². The van der Waals surface area contributed by atoms with E-state index < -0.39 is 17.9 Å². The summed E-state index contributed by atoms with van der Waals surface area (Å²) in [6, 6.07) is -1.06. The molecule has 8 heteroatoms. The lowest BCUT2D eigenvalue weighted by Crippen LogP contribution is -2.42. The van der Waals surface area contributed by atoms with Crippen LogP contribution in [0.4, 0.5) is 0 Å². The molecule has 0 heterocycles. The molecule has 0 bridgehead atoms. The van der Waals surface area contributed by atoms with Crippen LogP contribution in [-0.4, -0.2) is 68.3 Å². The van der Waals surface area contributed by atoms with E-state index in [1.54, 1.807) is 0 Å². The van der Waals surface area contributed by atoms with Crippen molar-refractivity contribution in [3.05, 3.63) is 0 Å². The van der Waals surface area contributed by atoms with E-state index in [0.717, 1.165) is 39.0 Å². The van der Waals surface area contributed by atoms with Gasteiger partial charge in [-0.3, -0.25) is 4.79 Å². The fraction of sp³-hybridized carbons (Fsp3) is 0.824. The second kappa shape index (κ2) is 16.0. The molecule has 1 atom stereocenters. The maximum atomic E-state index is 11.6. The highest BCUT2D eigenvalue weighted by molar-refractivity contribution is 5.85. The minimum Gasteiger partial charge on any atom is -0.480 e. The number of nitrogens with one attached hydrogen (secondary N) is 2. The van der Waals surface area contributed by atoms with Gasteiger partial charge in [-0.1, -0.05) is 13.3 Å². The lowest BCUT2D eigenvalue weighted by Gasteiger charge is -2.14. The Morgan fingerprint density at radius 1 is 1.04 bits per heavy atom. The van der Waals surface area contributed by atoms with Crippen molar-refractivity contribution in [2.75, 3.05) is 39.5 Å². The highest BCUT2D eigenvalue weighted by atomic mass is 16.5. The Labute approximate surface area is 149 Å². The Balaban J connectivity index is 3.58. The zero-order valence-corrected chi connectivity index (χ0v) is 15.3. The predicted octanol–water partition coefficient (Wildman–Crippen LogP) is 0.738. The van der Waals surface area contributed by atoms with E-state index >= 15 is 0 Å². The zero-order valence-electron chi connectivity index (χ0n) is 15.3. The van der Waals surface area contributed by atoms with E-state index in [2.05, 4.69) is 17.6 Å². The molecule has 1 amide bonds. The van der Waals surface area contributed by atoms with Crippen molar-refractivity contribution in [1.29, 1.82) is 0 Å². The smallest absolute Gasteiger partial charge is 0.326 e. The first kappa shape index (κ1) is 23.5. The Morgan fingerprint density at radius 2 is 1.76 bits per heavy atom. The number of Topliss-reactive ketones (excluding diaryl/α,β-unsaturated/α-hetero) is 1. The SMILES string of the molecule is CCCCOCCCNCCOCC(=O)N[C@@H](CCC(C)=O)C(=O)O. The molecule has 0 aromatic heterocycles. The van der Waals surface area contributed by atoms with E-state index in [1.807, 2.05) is 0 Å². The second-order valence-corrected chi connectivity index (χ2v) is 5.82. The van der Waals surface area contributed by atoms with E-state index in [0.29, 0.717) is 13.2 Å². The van der Waals surface area contributed by atoms with Gasteiger partial charge in [-0.05, 0) is 32.7 Å². The number of hydrogen-bond acceptors (Lipinski definition) is 6. The summed E-state index contributed by atoms with van der Waals surface area (Å²) in [4.78, 5) is 33.6. The van der Waals surface area contributed by atoms with Crippen LogP contribution in [0.2, 0.25) is 0 Å². The first-order chi connectivity index (χ1) is 12.0. The van der Waals surface area contributed by atoms with E-state index in [-0.39, 0.29) is 25.2 Å². The molecule has 0 aliphatic carbocycles. The summed E-state index contributed by atoms with van der Waals surface area (Å²) in [5, 5.41) is 14.5. The number of amides is 1. The van der Waals surface area contributed by atoms with Crippen LogP contribution in [-0.2, 0) is 23.9 Å². The normalized spacial score (nSPS) is 11.9. The van der Waals surface area contributed by atoms with E-state index in [9.17, 15) is 14.4 Å². The van der Waals surface area contributed by atoms with Gasteiger partial charge in [0.25, 0.3) is 0 Å². The minimum absolute atomic E-state index is 0.0816. The molecule has 0 rings (SSSR count). The summed E-state index contributed by atoms with van der Waals surface area (Å²) in [6.07, 6.45) is 3.33. The number of ether oxygens (including phenoxy) is 2. The van der Waals surface area contributed by atoms with Gasteiger partial charge < -0.3 is 30.0 Å². The van der Waals surface area contributed by atoms with Crippen molar-refractivity contribution in [3.8, 4) is 0 Å². The molecule has 0 saturated carbocycles. The second-order valence-electron chi connectivity index (χ2n) is 5.82. The highest BCUT2D eigenvalue weighted by Gasteiger charge is 2.20. The number of carbonyl (C=O) groups excluding carboxylic acids is 2. The van der Waals surface area contributed by atoms with Crippen LogP contribution in [0.3, 0.4) is 0 Å². The van der Waals surface area contributed by atoms with Crippen LogP contribution in [0.1, 0.15) is 46.0 Å². The molecule has 0 fully saturated rings. The molecule has 0 saturated heterocycles. The molecule has 3 N–H and O–H groups in total. The predicted molar refractivity (Wildman–Crippen MR) is 93.5 cm³/mol. The molecule has 0 spiro atoms. The Kier molecular flexibility index (Phi) is 15.0. The molecular formula is C17H32N2O6. The molecule has 8 nitrogen and oxygen atoms in total. The van der Waals surface area contributed by atoms with Crippen LogP contribution >= 0.6 is 0 Å². The molecule has 0 aromatic rings. The summed E-state index contributed by atoms with van der Waals surface area (Å²) < 4.78 is 10.6.